The molecule has 1 aliphatic heterocycles. The van der Waals surface area contributed by atoms with Gasteiger partial charge in [-0.3, -0.25) is 9.18 Å². The number of aromatic nitrogens is 1. The summed E-state index contributed by atoms with van der Waals surface area (Å²) in [5.74, 6) is -0.170. The number of pyridine rings is 1. The maximum absolute atomic E-state index is 15.1. The Kier molecular flexibility index (Phi) is 4.37. The second-order valence-electron chi connectivity index (χ2n) is 7.93. The Labute approximate surface area is 156 Å². The molecule has 2 heterocycles. The number of alkyl halides is 1. The summed E-state index contributed by atoms with van der Waals surface area (Å²) in [6.07, 6.45) is 4.44. The largest absolute Gasteiger partial charge is 0.492 e. The molecule has 7 heteroatoms. The Balaban J connectivity index is 1.95. The smallest absolute Gasteiger partial charge is 0.192 e. The molecule has 1 aliphatic carbocycles. The highest BCUT2D eigenvalue weighted by molar-refractivity contribution is 5.92. The van der Waals surface area contributed by atoms with Gasteiger partial charge in [0.2, 0.25) is 0 Å². The average Bonchev–Trinajstić information content (AvgIpc) is 3.43. The molecular weight excluding hydrogens is 352 g/mol. The Bertz CT molecular complexity index is 949. The molecule has 1 saturated carbocycles. The summed E-state index contributed by atoms with van der Waals surface area (Å²) in [4.78, 5) is 14.5. The summed E-state index contributed by atoms with van der Waals surface area (Å²) in [6.45, 7) is 2.25. The highest BCUT2D eigenvalue weighted by Crippen LogP contribution is 2.45. The number of anilines is 1. The zero-order chi connectivity index (χ0) is 19.3. The van der Waals surface area contributed by atoms with Crippen LogP contribution < -0.4 is 20.8 Å². The highest BCUT2D eigenvalue weighted by atomic mass is 19.1. The first-order valence-corrected chi connectivity index (χ1v) is 9.37. The van der Waals surface area contributed by atoms with Crippen LogP contribution in [-0.2, 0) is 0 Å². The van der Waals surface area contributed by atoms with Crippen LogP contribution in [0, 0.1) is 18.2 Å². The number of fused-ring (bicyclic) bond motifs is 1. The molecule has 2 N–H and O–H groups in total. The Morgan fingerprint density at radius 2 is 2.15 bits per heavy atom. The molecule has 1 aromatic carbocycles. The minimum atomic E-state index is -0.657. The van der Waals surface area contributed by atoms with Gasteiger partial charge in [0.25, 0.3) is 0 Å². The summed E-state index contributed by atoms with van der Waals surface area (Å²) >= 11 is 0. The van der Waals surface area contributed by atoms with Crippen molar-refractivity contribution >= 4 is 16.6 Å². The molecule has 4 rings (SSSR count). The number of nitrogens with zero attached hydrogens (tertiary/aromatic N) is 2. The van der Waals surface area contributed by atoms with E-state index in [-0.39, 0.29) is 12.0 Å². The monoisotopic (exact) mass is 377 g/mol. The molecule has 0 radical (unpaired) electrons. The maximum Gasteiger partial charge on any atom is 0.192 e. The summed E-state index contributed by atoms with van der Waals surface area (Å²) in [5.41, 5.74) is 6.45. The molecule has 5 nitrogen and oxygen atoms in total. The second kappa shape index (κ2) is 6.48. The number of aryl methyl sites for hydroxylation is 1. The van der Waals surface area contributed by atoms with E-state index in [1.807, 2.05) is 15.7 Å². The normalized spacial score (nSPS) is 22.6. The molecule has 1 aromatic heterocycles. The molecule has 146 valence electrons. The number of hydrogen-bond donors (Lipinski definition) is 1. The molecule has 27 heavy (non-hydrogen) atoms. The second-order valence-corrected chi connectivity index (χ2v) is 7.93. The molecule has 0 bridgehead atoms. The van der Waals surface area contributed by atoms with Crippen LogP contribution in [0.3, 0.4) is 0 Å². The Morgan fingerprint density at radius 3 is 2.70 bits per heavy atom. The van der Waals surface area contributed by atoms with Crippen molar-refractivity contribution in [1.82, 2.24) is 4.57 Å². The van der Waals surface area contributed by atoms with Gasteiger partial charge in [0, 0.05) is 42.9 Å². The SMILES string of the molecule is COc1c(N2CC[C@@](CN)(CF)C2)c(F)cc2c(=O)c(C)cn(C3CC3)c12. The van der Waals surface area contributed by atoms with E-state index in [9.17, 15) is 9.18 Å². The van der Waals surface area contributed by atoms with E-state index >= 15 is 4.39 Å². The lowest BCUT2D eigenvalue weighted by Crippen LogP contribution is -2.36. The molecule has 0 amide bonds. The first-order valence-electron chi connectivity index (χ1n) is 9.37. The number of ether oxygens (including phenoxy) is 1. The van der Waals surface area contributed by atoms with Crippen LogP contribution >= 0.6 is 0 Å². The van der Waals surface area contributed by atoms with Crippen molar-refractivity contribution in [2.45, 2.75) is 32.2 Å². The Morgan fingerprint density at radius 1 is 1.41 bits per heavy atom. The molecule has 2 aliphatic rings. The minimum absolute atomic E-state index is 0.188. The fraction of sp³-hybridized carbons (Fsp3) is 0.550. The van der Waals surface area contributed by atoms with Crippen molar-refractivity contribution in [3.63, 3.8) is 0 Å². The highest BCUT2D eigenvalue weighted by Gasteiger charge is 2.40. The summed E-state index contributed by atoms with van der Waals surface area (Å²) in [6, 6.07) is 1.60. The molecule has 1 saturated heterocycles. The van der Waals surface area contributed by atoms with Gasteiger partial charge < -0.3 is 19.9 Å². The van der Waals surface area contributed by atoms with Gasteiger partial charge in [-0.15, -0.1) is 0 Å². The third-order valence-electron chi connectivity index (χ3n) is 5.99. The van der Waals surface area contributed by atoms with Crippen LogP contribution in [0.5, 0.6) is 5.75 Å². The number of methoxy groups -OCH3 is 1. The fourth-order valence-corrected chi connectivity index (χ4v) is 4.16. The first-order chi connectivity index (χ1) is 12.9. The van der Waals surface area contributed by atoms with E-state index in [1.165, 1.54) is 13.2 Å². The van der Waals surface area contributed by atoms with Crippen molar-refractivity contribution < 1.29 is 13.5 Å². The lowest BCUT2D eigenvalue weighted by molar-refractivity contribution is 0.242. The van der Waals surface area contributed by atoms with Crippen molar-refractivity contribution in [1.29, 1.82) is 0 Å². The number of benzene rings is 1. The average molecular weight is 377 g/mol. The van der Waals surface area contributed by atoms with E-state index in [4.69, 9.17) is 10.5 Å². The molecule has 1 atom stereocenters. The van der Waals surface area contributed by atoms with Crippen LogP contribution in [0.4, 0.5) is 14.5 Å². The van der Waals surface area contributed by atoms with Gasteiger partial charge >= 0.3 is 0 Å². The number of halogens is 2. The maximum atomic E-state index is 15.1. The molecular formula is C20H25F2N3O2. The zero-order valence-corrected chi connectivity index (χ0v) is 15.7. The van der Waals surface area contributed by atoms with E-state index in [0.717, 1.165) is 12.8 Å². The number of nitrogens with two attached hydrogens (primary N) is 1. The van der Waals surface area contributed by atoms with Crippen LogP contribution in [0.1, 0.15) is 30.9 Å². The minimum Gasteiger partial charge on any atom is -0.492 e. The first kappa shape index (κ1) is 18.2. The topological polar surface area (TPSA) is 60.5 Å². The van der Waals surface area contributed by atoms with Crippen molar-refractivity contribution in [2.75, 3.05) is 38.3 Å². The van der Waals surface area contributed by atoms with E-state index in [2.05, 4.69) is 0 Å². The number of hydrogen-bond acceptors (Lipinski definition) is 4. The zero-order valence-electron chi connectivity index (χ0n) is 15.7. The van der Waals surface area contributed by atoms with Crippen LogP contribution in [0.2, 0.25) is 0 Å². The van der Waals surface area contributed by atoms with E-state index in [1.54, 1.807) is 6.92 Å². The van der Waals surface area contributed by atoms with Crippen molar-refractivity contribution in [3.8, 4) is 5.75 Å². The molecule has 0 unspecified atom stereocenters. The fourth-order valence-electron chi connectivity index (χ4n) is 4.16. The predicted molar refractivity (Wildman–Crippen MR) is 102 cm³/mol. The van der Waals surface area contributed by atoms with Gasteiger partial charge in [-0.2, -0.15) is 0 Å². The van der Waals surface area contributed by atoms with Crippen molar-refractivity contribution in [3.05, 3.63) is 33.9 Å². The lowest BCUT2D eigenvalue weighted by atomic mass is 9.89. The lowest BCUT2D eigenvalue weighted by Gasteiger charge is -2.27. The predicted octanol–water partition coefficient (Wildman–Crippen LogP) is 2.92. The third-order valence-corrected chi connectivity index (χ3v) is 5.99. The van der Waals surface area contributed by atoms with Gasteiger partial charge in [-0.1, -0.05) is 0 Å². The molecule has 2 fully saturated rings. The van der Waals surface area contributed by atoms with Crippen molar-refractivity contribution in [2.24, 2.45) is 11.1 Å². The van der Waals surface area contributed by atoms with E-state index < -0.39 is 17.9 Å². The van der Waals surface area contributed by atoms with E-state index in [0.29, 0.717) is 53.5 Å². The standard InChI is InChI=1S/C20H25F2N3O2/c1-12-8-25(13-3-4-13)16-14(18(12)26)7-15(22)17(19(16)27-2)24-6-5-20(9-21,10-23)11-24/h7-8,13H,3-6,9-11,23H2,1-2H3/t20-/m0/s1. The quantitative estimate of drug-likeness (QED) is 0.870. The summed E-state index contributed by atoms with van der Waals surface area (Å²) in [7, 11) is 1.49. The van der Waals surface area contributed by atoms with Gasteiger partial charge in [-0.25, -0.2) is 4.39 Å². The van der Waals surface area contributed by atoms with Gasteiger partial charge in [0.05, 0.1) is 24.7 Å². The Hall–Kier alpha value is -2.15. The van der Waals surface area contributed by atoms with Crippen LogP contribution in [0.25, 0.3) is 10.9 Å². The van der Waals surface area contributed by atoms with Crippen LogP contribution in [-0.4, -0.2) is 38.0 Å². The van der Waals surface area contributed by atoms with Crippen LogP contribution in [0.15, 0.2) is 17.1 Å². The van der Waals surface area contributed by atoms with Gasteiger partial charge in [-0.05, 0) is 32.3 Å². The number of rotatable bonds is 5. The summed E-state index contributed by atoms with van der Waals surface area (Å²) in [5, 5.41) is 0.328. The molecule has 0 spiro atoms. The van der Waals surface area contributed by atoms with Gasteiger partial charge in [0.15, 0.2) is 17.0 Å². The molecule has 2 aromatic rings. The summed E-state index contributed by atoms with van der Waals surface area (Å²) < 4.78 is 36.4. The third kappa shape index (κ3) is 2.79. The van der Waals surface area contributed by atoms with Gasteiger partial charge in [0.1, 0.15) is 5.69 Å².